The molecule has 1 aliphatic rings. The number of ether oxygens (including phenoxy) is 2. The Labute approximate surface area is 142 Å². The molecule has 0 unspecified atom stereocenters. The molecule has 1 saturated heterocycles. The van der Waals surface area contributed by atoms with Crippen molar-refractivity contribution in [2.75, 3.05) is 27.3 Å². The van der Waals surface area contributed by atoms with Crippen molar-refractivity contribution in [1.29, 1.82) is 0 Å². The van der Waals surface area contributed by atoms with Gasteiger partial charge in [0.15, 0.2) is 11.5 Å². The molecular formula is C17H27N2O3S+. The zero-order valence-electron chi connectivity index (χ0n) is 14.5. The fourth-order valence-corrected chi connectivity index (χ4v) is 4.01. The van der Waals surface area contributed by atoms with E-state index in [2.05, 4.69) is 19.2 Å². The van der Waals surface area contributed by atoms with Gasteiger partial charge in [0.25, 0.3) is 0 Å². The lowest BCUT2D eigenvalue weighted by atomic mass is 10.1. The first-order valence-corrected chi connectivity index (χ1v) is 8.93. The summed E-state index contributed by atoms with van der Waals surface area (Å²) in [7, 11) is 3.26. The van der Waals surface area contributed by atoms with Crippen LogP contribution in [0, 0.1) is 0 Å². The number of hydrogen-bond donors (Lipinski definition) is 1. The number of rotatable bonds is 7. The average molecular weight is 339 g/mol. The molecule has 2 rings (SSSR count). The van der Waals surface area contributed by atoms with Crippen LogP contribution in [0.1, 0.15) is 31.7 Å². The molecule has 0 radical (unpaired) electrons. The van der Waals surface area contributed by atoms with Gasteiger partial charge in [-0.2, -0.15) is 0 Å². The zero-order valence-corrected chi connectivity index (χ0v) is 15.4. The Morgan fingerprint density at radius 3 is 2.57 bits per heavy atom. The summed E-state index contributed by atoms with van der Waals surface area (Å²) in [5.41, 5.74) is 1.08. The molecule has 0 bridgehead atoms. The van der Waals surface area contributed by atoms with Crippen LogP contribution >= 0.6 is 11.8 Å². The van der Waals surface area contributed by atoms with E-state index in [0.717, 1.165) is 18.7 Å². The third kappa shape index (κ3) is 4.12. The molecule has 2 atom stereocenters. The summed E-state index contributed by atoms with van der Waals surface area (Å²) in [6.07, 6.45) is 0. The molecule has 0 aromatic heterocycles. The van der Waals surface area contributed by atoms with Crippen LogP contribution in [0.3, 0.4) is 0 Å². The van der Waals surface area contributed by atoms with E-state index in [-0.39, 0.29) is 16.5 Å². The number of hydrogen-bond acceptors (Lipinski definition) is 4. The predicted molar refractivity (Wildman–Crippen MR) is 93.0 cm³/mol. The highest BCUT2D eigenvalue weighted by atomic mass is 32.2. The Morgan fingerprint density at radius 1 is 1.26 bits per heavy atom. The van der Waals surface area contributed by atoms with Gasteiger partial charge in [0.1, 0.15) is 5.37 Å². The number of quaternary nitrogens is 1. The Morgan fingerprint density at radius 2 is 1.96 bits per heavy atom. The Hall–Kier alpha value is -1.40. The highest BCUT2D eigenvalue weighted by Gasteiger charge is 2.38. The molecule has 23 heavy (non-hydrogen) atoms. The second kappa shape index (κ2) is 7.93. The first-order chi connectivity index (χ1) is 11.0. The van der Waals surface area contributed by atoms with Gasteiger partial charge in [-0.25, -0.2) is 0 Å². The van der Waals surface area contributed by atoms with Crippen molar-refractivity contribution in [2.24, 2.45) is 0 Å². The van der Waals surface area contributed by atoms with Gasteiger partial charge < -0.3 is 19.7 Å². The summed E-state index contributed by atoms with van der Waals surface area (Å²) in [5.74, 6) is 1.62. The highest BCUT2D eigenvalue weighted by Crippen LogP contribution is 2.44. The lowest BCUT2D eigenvalue weighted by Gasteiger charge is -2.24. The average Bonchev–Trinajstić information content (AvgIpc) is 2.82. The summed E-state index contributed by atoms with van der Waals surface area (Å²) in [6.45, 7) is 7.98. The van der Waals surface area contributed by atoms with E-state index in [1.807, 2.05) is 30.0 Å². The maximum atomic E-state index is 12.5. The Balaban J connectivity index is 2.19. The van der Waals surface area contributed by atoms with E-state index in [4.69, 9.17) is 9.47 Å². The number of carbonyl (C=O) groups is 1. The van der Waals surface area contributed by atoms with Gasteiger partial charge in [0.2, 0.25) is 5.91 Å². The van der Waals surface area contributed by atoms with Gasteiger partial charge in [0.05, 0.1) is 38.6 Å². The van der Waals surface area contributed by atoms with Gasteiger partial charge in [-0.1, -0.05) is 6.07 Å². The standard InChI is InChI=1S/C17H26N2O3S/c1-11(2)18-8-9-19-16(20)12(3)23-17(19)13-6-7-14(21-4)15(10-13)22-5/h6-7,10-12,17-18H,8-9H2,1-5H3/p+1/t12-,17-/m0/s1. The van der Waals surface area contributed by atoms with Crippen LogP contribution in [0.4, 0.5) is 0 Å². The van der Waals surface area contributed by atoms with Gasteiger partial charge in [-0.3, -0.25) is 4.79 Å². The van der Waals surface area contributed by atoms with Gasteiger partial charge in [-0.15, -0.1) is 11.8 Å². The minimum Gasteiger partial charge on any atom is -0.493 e. The fraction of sp³-hybridized carbons (Fsp3) is 0.588. The monoisotopic (exact) mass is 339 g/mol. The first-order valence-electron chi connectivity index (χ1n) is 7.99. The van der Waals surface area contributed by atoms with E-state index < -0.39 is 0 Å². The molecule has 0 spiro atoms. The van der Waals surface area contributed by atoms with E-state index in [0.29, 0.717) is 17.5 Å². The Kier molecular flexibility index (Phi) is 6.18. The molecule has 128 valence electrons. The number of amides is 1. The van der Waals surface area contributed by atoms with Crippen molar-refractivity contribution in [1.82, 2.24) is 4.90 Å². The van der Waals surface area contributed by atoms with E-state index >= 15 is 0 Å². The van der Waals surface area contributed by atoms with Gasteiger partial charge in [-0.05, 0) is 38.5 Å². The lowest BCUT2D eigenvalue weighted by molar-refractivity contribution is -0.682. The number of thioether (sulfide) groups is 1. The topological polar surface area (TPSA) is 55.4 Å². The second-order valence-corrected chi connectivity index (χ2v) is 7.47. The molecule has 2 N–H and O–H groups in total. The number of benzene rings is 1. The van der Waals surface area contributed by atoms with Crippen molar-refractivity contribution >= 4 is 17.7 Å². The normalized spacial score (nSPS) is 21.1. The number of nitrogens with zero attached hydrogens (tertiary/aromatic N) is 1. The van der Waals surface area contributed by atoms with Crippen LogP contribution in [0.15, 0.2) is 18.2 Å². The summed E-state index contributed by atoms with van der Waals surface area (Å²) < 4.78 is 10.7. The highest BCUT2D eigenvalue weighted by molar-refractivity contribution is 8.01. The van der Waals surface area contributed by atoms with Gasteiger partial charge in [0, 0.05) is 0 Å². The maximum Gasteiger partial charge on any atom is 0.236 e. The SMILES string of the molecule is COc1ccc([C@@H]2S[C@@H](C)C(=O)N2CC[NH2+]C(C)C)cc1OC. The van der Waals surface area contributed by atoms with Crippen molar-refractivity contribution in [3.8, 4) is 11.5 Å². The van der Waals surface area contributed by atoms with E-state index in [1.165, 1.54) is 0 Å². The van der Waals surface area contributed by atoms with Crippen molar-refractivity contribution < 1.29 is 19.6 Å². The minimum atomic E-state index is -0.00727. The summed E-state index contributed by atoms with van der Waals surface area (Å²) >= 11 is 1.69. The third-order valence-electron chi connectivity index (χ3n) is 3.95. The number of carbonyl (C=O) groups excluding carboxylic acids is 1. The fourth-order valence-electron chi connectivity index (χ4n) is 2.71. The smallest absolute Gasteiger partial charge is 0.236 e. The molecule has 6 heteroatoms. The molecule has 1 amide bonds. The van der Waals surface area contributed by atoms with Crippen LogP contribution in [0.25, 0.3) is 0 Å². The lowest BCUT2D eigenvalue weighted by Crippen LogP contribution is -2.89. The maximum absolute atomic E-state index is 12.5. The summed E-state index contributed by atoms with van der Waals surface area (Å²) in [5, 5.41) is 2.29. The van der Waals surface area contributed by atoms with Crippen molar-refractivity contribution in [3.63, 3.8) is 0 Å². The molecule has 0 aliphatic carbocycles. The van der Waals surface area contributed by atoms with Crippen LogP contribution in [-0.2, 0) is 4.79 Å². The van der Waals surface area contributed by atoms with Crippen molar-refractivity contribution in [2.45, 2.75) is 37.4 Å². The molecule has 1 heterocycles. The predicted octanol–water partition coefficient (Wildman–Crippen LogP) is 1.64. The first kappa shape index (κ1) is 17.9. The summed E-state index contributed by atoms with van der Waals surface area (Å²) in [4.78, 5) is 14.5. The zero-order chi connectivity index (χ0) is 17.0. The van der Waals surface area contributed by atoms with Crippen LogP contribution < -0.4 is 14.8 Å². The second-order valence-electron chi connectivity index (χ2n) is 6.05. The molecule has 1 aromatic carbocycles. The van der Waals surface area contributed by atoms with Crippen LogP contribution in [0.5, 0.6) is 11.5 Å². The molecular weight excluding hydrogens is 312 g/mol. The Bertz CT molecular complexity index is 551. The number of nitrogens with two attached hydrogens (primary N) is 1. The molecule has 0 saturated carbocycles. The third-order valence-corrected chi connectivity index (χ3v) is 5.34. The van der Waals surface area contributed by atoms with Crippen LogP contribution in [-0.4, -0.2) is 49.4 Å². The van der Waals surface area contributed by atoms with Crippen LogP contribution in [0.2, 0.25) is 0 Å². The van der Waals surface area contributed by atoms with E-state index in [1.54, 1.807) is 26.0 Å². The van der Waals surface area contributed by atoms with Crippen molar-refractivity contribution in [3.05, 3.63) is 23.8 Å². The van der Waals surface area contributed by atoms with E-state index in [9.17, 15) is 4.79 Å². The molecule has 1 aromatic rings. The van der Waals surface area contributed by atoms with Gasteiger partial charge >= 0.3 is 0 Å². The number of methoxy groups -OCH3 is 2. The molecule has 1 aliphatic heterocycles. The molecule has 5 nitrogen and oxygen atoms in total. The minimum absolute atomic E-state index is 0.00727. The largest absolute Gasteiger partial charge is 0.493 e. The molecule has 1 fully saturated rings. The summed E-state index contributed by atoms with van der Waals surface area (Å²) in [6, 6.07) is 6.43. The quantitative estimate of drug-likeness (QED) is 0.820.